The summed E-state index contributed by atoms with van der Waals surface area (Å²) in [5, 5.41) is 12.8. The number of carbonyl (C=O) groups is 1. The van der Waals surface area contributed by atoms with E-state index in [-0.39, 0.29) is 17.1 Å². The molecule has 0 radical (unpaired) electrons. The first-order valence-corrected chi connectivity index (χ1v) is 7.90. The number of carboxylic acids is 1. The predicted octanol–water partition coefficient (Wildman–Crippen LogP) is -0.181. The summed E-state index contributed by atoms with van der Waals surface area (Å²) in [5.41, 5.74) is -0.208. The molecule has 0 aliphatic rings. The van der Waals surface area contributed by atoms with Crippen LogP contribution in [0, 0.1) is 0 Å². The van der Waals surface area contributed by atoms with Gasteiger partial charge in [0, 0.05) is 26.2 Å². The summed E-state index contributed by atoms with van der Waals surface area (Å²) < 4.78 is 28.0. The molecule has 10 heteroatoms. The summed E-state index contributed by atoms with van der Waals surface area (Å²) >= 11 is 0. The minimum Gasteiger partial charge on any atom is -0.477 e. The molecule has 0 atom stereocenters. The summed E-state index contributed by atoms with van der Waals surface area (Å²) in [4.78, 5) is 18.2. The number of rotatable bonds is 7. The molecule has 0 bridgehead atoms. The van der Waals surface area contributed by atoms with Gasteiger partial charge in [0.05, 0.1) is 0 Å². The normalized spacial score (nSPS) is 11.5. The number of pyridine rings is 1. The predicted molar refractivity (Wildman–Crippen MR) is 75.7 cm³/mol. The summed E-state index contributed by atoms with van der Waals surface area (Å²) in [7, 11) is -1.95. The van der Waals surface area contributed by atoms with E-state index < -0.39 is 16.0 Å². The second kappa shape index (κ2) is 6.62. The van der Waals surface area contributed by atoms with Crippen LogP contribution in [0.3, 0.4) is 0 Å². The van der Waals surface area contributed by atoms with E-state index in [1.165, 1.54) is 6.07 Å². The Kier molecular flexibility index (Phi) is 4.83. The van der Waals surface area contributed by atoms with E-state index >= 15 is 0 Å². The van der Waals surface area contributed by atoms with Gasteiger partial charge in [-0.3, -0.25) is 4.68 Å². The van der Waals surface area contributed by atoms with Crippen LogP contribution in [0.5, 0.6) is 0 Å². The van der Waals surface area contributed by atoms with Crippen LogP contribution in [0.25, 0.3) is 0 Å². The minimum atomic E-state index is -3.70. The number of carboxylic acid groups (broad SMARTS) is 1. The van der Waals surface area contributed by atoms with Crippen LogP contribution in [0.4, 0.5) is 0 Å². The lowest BCUT2D eigenvalue weighted by Gasteiger charge is -2.06. The lowest BCUT2D eigenvalue weighted by atomic mass is 10.3. The summed E-state index contributed by atoms with van der Waals surface area (Å²) in [6.07, 6.45) is 3.70. The molecule has 0 saturated heterocycles. The van der Waals surface area contributed by atoms with Crippen molar-refractivity contribution < 1.29 is 18.3 Å². The van der Waals surface area contributed by atoms with Gasteiger partial charge in [0.25, 0.3) is 0 Å². The van der Waals surface area contributed by atoms with Crippen molar-refractivity contribution in [1.29, 1.82) is 0 Å². The second-order valence-electron chi connectivity index (χ2n) is 4.52. The fourth-order valence-corrected chi connectivity index (χ4v) is 2.72. The molecule has 0 aliphatic carbocycles. The Morgan fingerprint density at radius 3 is 2.68 bits per heavy atom. The standard InChI is InChI=1S/C12H15N5O4S/c1-17-8-14-11(16-17)3-2-6-15-22(20,21)9-4-5-10(12(18)19)13-7-9/h4-5,7-8,15H,2-3,6H2,1H3,(H,18,19). The van der Waals surface area contributed by atoms with Gasteiger partial charge in [0.2, 0.25) is 10.0 Å². The van der Waals surface area contributed by atoms with Crippen molar-refractivity contribution in [3.8, 4) is 0 Å². The van der Waals surface area contributed by atoms with E-state index in [0.29, 0.717) is 18.7 Å². The molecule has 2 N–H and O–H groups in total. The zero-order valence-corrected chi connectivity index (χ0v) is 12.6. The lowest BCUT2D eigenvalue weighted by Crippen LogP contribution is -2.25. The van der Waals surface area contributed by atoms with Crippen molar-refractivity contribution in [3.05, 3.63) is 36.2 Å². The summed E-state index contributed by atoms with van der Waals surface area (Å²) in [6.45, 7) is 0.223. The van der Waals surface area contributed by atoms with Crippen LogP contribution < -0.4 is 4.72 Å². The average Bonchev–Trinajstić information content (AvgIpc) is 2.89. The lowest BCUT2D eigenvalue weighted by molar-refractivity contribution is 0.0690. The Labute approximate surface area is 127 Å². The first-order valence-electron chi connectivity index (χ1n) is 6.42. The Bertz CT molecular complexity index is 754. The number of aryl methyl sites for hydroxylation is 2. The molecular formula is C12H15N5O4S. The summed E-state index contributed by atoms with van der Waals surface area (Å²) in [5.74, 6) is -0.561. The second-order valence-corrected chi connectivity index (χ2v) is 6.29. The van der Waals surface area contributed by atoms with Gasteiger partial charge in [-0.2, -0.15) is 5.10 Å². The van der Waals surface area contributed by atoms with E-state index in [0.717, 1.165) is 12.3 Å². The topological polar surface area (TPSA) is 127 Å². The number of aromatic carboxylic acids is 1. The number of hydrogen-bond donors (Lipinski definition) is 2. The smallest absolute Gasteiger partial charge is 0.354 e. The maximum absolute atomic E-state index is 12.0. The molecule has 9 nitrogen and oxygen atoms in total. The molecule has 0 amide bonds. The fourth-order valence-electron chi connectivity index (χ4n) is 1.70. The molecule has 2 aromatic heterocycles. The van der Waals surface area contributed by atoms with Crippen molar-refractivity contribution in [2.75, 3.05) is 6.54 Å². The van der Waals surface area contributed by atoms with E-state index in [1.807, 2.05) is 0 Å². The average molecular weight is 325 g/mol. The highest BCUT2D eigenvalue weighted by atomic mass is 32.2. The van der Waals surface area contributed by atoms with Crippen molar-refractivity contribution in [2.45, 2.75) is 17.7 Å². The molecule has 22 heavy (non-hydrogen) atoms. The SMILES string of the molecule is Cn1cnc(CCCNS(=O)(=O)c2ccc(C(=O)O)nc2)n1. The summed E-state index contributed by atoms with van der Waals surface area (Å²) in [6, 6.07) is 2.35. The maximum Gasteiger partial charge on any atom is 0.354 e. The fraction of sp³-hybridized carbons (Fsp3) is 0.333. The van der Waals surface area contributed by atoms with Gasteiger partial charge in [-0.05, 0) is 18.6 Å². The van der Waals surface area contributed by atoms with Gasteiger partial charge in [0.1, 0.15) is 16.9 Å². The van der Waals surface area contributed by atoms with Gasteiger partial charge < -0.3 is 5.11 Å². The molecule has 2 aromatic rings. The van der Waals surface area contributed by atoms with Crippen LogP contribution in [0.2, 0.25) is 0 Å². The monoisotopic (exact) mass is 325 g/mol. The maximum atomic E-state index is 12.0. The molecule has 0 unspecified atom stereocenters. The van der Waals surface area contributed by atoms with Crippen LogP contribution in [-0.2, 0) is 23.5 Å². The third-order valence-electron chi connectivity index (χ3n) is 2.78. The third kappa shape index (κ3) is 4.09. The Morgan fingerprint density at radius 2 is 2.14 bits per heavy atom. The quantitative estimate of drug-likeness (QED) is 0.676. The van der Waals surface area contributed by atoms with E-state index in [9.17, 15) is 13.2 Å². The number of sulfonamides is 1. The number of nitrogens with zero attached hydrogens (tertiary/aromatic N) is 4. The van der Waals surface area contributed by atoms with Crippen molar-refractivity contribution in [2.24, 2.45) is 7.05 Å². The van der Waals surface area contributed by atoms with Crippen LogP contribution in [0.1, 0.15) is 22.7 Å². The number of hydrogen-bond acceptors (Lipinski definition) is 6. The zero-order valence-electron chi connectivity index (χ0n) is 11.8. The van der Waals surface area contributed by atoms with Crippen molar-refractivity contribution in [1.82, 2.24) is 24.5 Å². The third-order valence-corrected chi connectivity index (χ3v) is 4.23. The van der Waals surface area contributed by atoms with Gasteiger partial charge in [-0.25, -0.2) is 27.9 Å². The molecular weight excluding hydrogens is 310 g/mol. The Balaban J connectivity index is 1.89. The largest absolute Gasteiger partial charge is 0.477 e. The highest BCUT2D eigenvalue weighted by Gasteiger charge is 2.15. The first-order chi connectivity index (χ1) is 10.4. The molecule has 0 fully saturated rings. The Morgan fingerprint density at radius 1 is 1.36 bits per heavy atom. The number of aromatic nitrogens is 4. The van der Waals surface area contributed by atoms with Gasteiger partial charge in [-0.15, -0.1) is 0 Å². The highest BCUT2D eigenvalue weighted by Crippen LogP contribution is 2.08. The van der Waals surface area contributed by atoms with E-state index in [1.54, 1.807) is 18.1 Å². The molecule has 0 spiro atoms. The molecule has 0 aliphatic heterocycles. The van der Waals surface area contributed by atoms with Crippen LogP contribution in [0.15, 0.2) is 29.6 Å². The van der Waals surface area contributed by atoms with E-state index in [2.05, 4.69) is 19.8 Å². The molecule has 2 rings (SSSR count). The highest BCUT2D eigenvalue weighted by molar-refractivity contribution is 7.89. The van der Waals surface area contributed by atoms with Gasteiger partial charge in [0.15, 0.2) is 5.82 Å². The minimum absolute atomic E-state index is 0.0755. The van der Waals surface area contributed by atoms with Crippen LogP contribution in [-0.4, -0.2) is 45.8 Å². The first kappa shape index (κ1) is 16.0. The number of nitrogens with one attached hydrogen (secondary N) is 1. The molecule has 118 valence electrons. The van der Waals surface area contributed by atoms with Crippen LogP contribution >= 0.6 is 0 Å². The van der Waals surface area contributed by atoms with Gasteiger partial charge >= 0.3 is 5.97 Å². The molecule has 2 heterocycles. The Hall–Kier alpha value is -2.33. The van der Waals surface area contributed by atoms with Crippen molar-refractivity contribution in [3.63, 3.8) is 0 Å². The molecule has 0 saturated carbocycles. The van der Waals surface area contributed by atoms with Crippen molar-refractivity contribution >= 4 is 16.0 Å². The van der Waals surface area contributed by atoms with E-state index in [4.69, 9.17) is 5.11 Å². The van der Waals surface area contributed by atoms with Gasteiger partial charge in [-0.1, -0.05) is 0 Å². The molecule has 0 aromatic carbocycles. The zero-order chi connectivity index (χ0) is 16.2.